The van der Waals surface area contributed by atoms with Crippen molar-refractivity contribution in [2.75, 3.05) is 5.32 Å². The maximum Gasteiger partial charge on any atom is 0.249 e. The van der Waals surface area contributed by atoms with Crippen molar-refractivity contribution in [1.82, 2.24) is 20.1 Å². The molecule has 0 unspecified atom stereocenters. The molecule has 0 saturated heterocycles. The van der Waals surface area contributed by atoms with Crippen LogP contribution in [0.5, 0.6) is 0 Å². The molecule has 3 aromatic rings. The molecule has 6 heteroatoms. The van der Waals surface area contributed by atoms with Crippen LogP contribution in [0.1, 0.15) is 17.5 Å². The van der Waals surface area contributed by atoms with Gasteiger partial charge in [0, 0.05) is 24.5 Å². The SMILES string of the molecule is c1ccc2c(c1)C[C@@H](c1nc(-c3ncc[nH]3)no1)N2. The zero-order valence-corrected chi connectivity index (χ0v) is 10.00. The molecule has 1 aliphatic heterocycles. The topological polar surface area (TPSA) is 79.6 Å². The number of rotatable bonds is 2. The Bertz CT molecular complexity index is 678. The van der Waals surface area contributed by atoms with Crippen LogP contribution in [-0.4, -0.2) is 20.1 Å². The van der Waals surface area contributed by atoms with Crippen molar-refractivity contribution in [2.45, 2.75) is 12.5 Å². The molecule has 1 atom stereocenters. The molecule has 0 radical (unpaired) electrons. The first-order valence-electron chi connectivity index (χ1n) is 6.08. The number of nitrogens with zero attached hydrogens (tertiary/aromatic N) is 3. The predicted octanol–water partition coefficient (Wildman–Crippen LogP) is 2.17. The number of hydrogen-bond acceptors (Lipinski definition) is 5. The average Bonchev–Trinajstić information content (AvgIpc) is 3.17. The van der Waals surface area contributed by atoms with Gasteiger partial charge < -0.3 is 14.8 Å². The van der Waals surface area contributed by atoms with Crippen LogP contribution in [0, 0.1) is 0 Å². The predicted molar refractivity (Wildman–Crippen MR) is 68.4 cm³/mol. The average molecular weight is 253 g/mol. The highest BCUT2D eigenvalue weighted by Crippen LogP contribution is 2.33. The third kappa shape index (κ3) is 1.69. The van der Waals surface area contributed by atoms with Crippen LogP contribution >= 0.6 is 0 Å². The standard InChI is InChI=1S/C13H11N5O/c1-2-4-9-8(3-1)7-10(16-9)13-17-12(18-19-13)11-14-5-6-15-11/h1-6,10,16H,7H2,(H,14,15)/t10-/m0/s1. The fourth-order valence-corrected chi connectivity index (χ4v) is 2.31. The summed E-state index contributed by atoms with van der Waals surface area (Å²) in [6.45, 7) is 0. The van der Waals surface area contributed by atoms with Gasteiger partial charge in [0.1, 0.15) is 6.04 Å². The molecular formula is C13H11N5O. The van der Waals surface area contributed by atoms with Crippen molar-refractivity contribution in [3.05, 3.63) is 48.1 Å². The van der Waals surface area contributed by atoms with Gasteiger partial charge in [0.25, 0.3) is 0 Å². The number of hydrogen-bond donors (Lipinski definition) is 2. The monoisotopic (exact) mass is 253 g/mol. The molecule has 94 valence electrons. The summed E-state index contributed by atoms with van der Waals surface area (Å²) in [5.74, 6) is 1.69. The van der Waals surface area contributed by atoms with Crippen LogP contribution in [-0.2, 0) is 6.42 Å². The number of nitrogens with one attached hydrogen (secondary N) is 2. The first-order chi connectivity index (χ1) is 9.40. The fraction of sp³-hybridized carbons (Fsp3) is 0.154. The van der Waals surface area contributed by atoms with Gasteiger partial charge in [-0.2, -0.15) is 4.98 Å². The van der Waals surface area contributed by atoms with Gasteiger partial charge in [0.05, 0.1) is 0 Å². The van der Waals surface area contributed by atoms with E-state index < -0.39 is 0 Å². The smallest absolute Gasteiger partial charge is 0.249 e. The Morgan fingerprint density at radius 3 is 3.05 bits per heavy atom. The zero-order valence-electron chi connectivity index (χ0n) is 10.00. The number of para-hydroxylation sites is 1. The summed E-state index contributed by atoms with van der Waals surface area (Å²) in [6.07, 6.45) is 4.25. The number of H-pyrrole nitrogens is 1. The van der Waals surface area contributed by atoms with Gasteiger partial charge in [0.2, 0.25) is 11.7 Å². The van der Waals surface area contributed by atoms with E-state index in [4.69, 9.17) is 4.52 Å². The highest BCUT2D eigenvalue weighted by molar-refractivity contribution is 5.57. The Hall–Kier alpha value is -2.63. The zero-order chi connectivity index (χ0) is 12.7. The molecule has 4 rings (SSSR count). The van der Waals surface area contributed by atoms with E-state index >= 15 is 0 Å². The van der Waals surface area contributed by atoms with E-state index in [0.29, 0.717) is 17.5 Å². The number of anilines is 1. The minimum Gasteiger partial charge on any atom is -0.373 e. The van der Waals surface area contributed by atoms with Gasteiger partial charge in [-0.1, -0.05) is 23.4 Å². The maximum absolute atomic E-state index is 5.32. The van der Waals surface area contributed by atoms with Crippen molar-refractivity contribution in [1.29, 1.82) is 0 Å². The molecule has 0 bridgehead atoms. The molecule has 2 N–H and O–H groups in total. The van der Waals surface area contributed by atoms with E-state index in [-0.39, 0.29) is 6.04 Å². The normalized spacial score (nSPS) is 17.2. The van der Waals surface area contributed by atoms with E-state index in [1.54, 1.807) is 12.4 Å². The van der Waals surface area contributed by atoms with Crippen LogP contribution in [0.4, 0.5) is 5.69 Å². The second kappa shape index (κ2) is 3.94. The van der Waals surface area contributed by atoms with Gasteiger partial charge in [-0.05, 0) is 11.6 Å². The van der Waals surface area contributed by atoms with Crippen molar-refractivity contribution in [2.24, 2.45) is 0 Å². The summed E-state index contributed by atoms with van der Waals surface area (Å²) in [5, 5.41) is 7.33. The third-order valence-corrected chi connectivity index (χ3v) is 3.22. The van der Waals surface area contributed by atoms with Gasteiger partial charge in [0.15, 0.2) is 5.82 Å². The van der Waals surface area contributed by atoms with E-state index in [0.717, 1.165) is 12.1 Å². The summed E-state index contributed by atoms with van der Waals surface area (Å²) < 4.78 is 5.32. The van der Waals surface area contributed by atoms with Crippen molar-refractivity contribution >= 4 is 5.69 Å². The number of fused-ring (bicyclic) bond motifs is 1. The third-order valence-electron chi connectivity index (χ3n) is 3.22. The molecule has 1 aliphatic rings. The largest absolute Gasteiger partial charge is 0.373 e. The van der Waals surface area contributed by atoms with Gasteiger partial charge in [-0.25, -0.2) is 4.98 Å². The number of imidazole rings is 1. The Labute approximate surface area is 108 Å². The molecule has 0 saturated carbocycles. The number of aromatic nitrogens is 4. The second-order valence-corrected chi connectivity index (χ2v) is 4.45. The summed E-state index contributed by atoms with van der Waals surface area (Å²) in [6, 6.07) is 8.24. The Balaban J connectivity index is 1.62. The van der Waals surface area contributed by atoms with Gasteiger partial charge in [-0.15, -0.1) is 0 Å². The molecule has 2 aromatic heterocycles. The lowest BCUT2D eigenvalue weighted by molar-refractivity contribution is 0.364. The van der Waals surface area contributed by atoms with Gasteiger partial charge in [-0.3, -0.25) is 0 Å². The van der Waals surface area contributed by atoms with Crippen LogP contribution in [0.3, 0.4) is 0 Å². The minimum atomic E-state index is 0.0358. The number of aromatic amines is 1. The second-order valence-electron chi connectivity index (χ2n) is 4.45. The lowest BCUT2D eigenvalue weighted by atomic mass is 10.1. The molecular weight excluding hydrogens is 242 g/mol. The van der Waals surface area contributed by atoms with Crippen LogP contribution in [0.2, 0.25) is 0 Å². The molecule has 0 fully saturated rings. The van der Waals surface area contributed by atoms with Gasteiger partial charge >= 0.3 is 0 Å². The molecule has 1 aromatic carbocycles. The minimum absolute atomic E-state index is 0.0358. The Morgan fingerprint density at radius 1 is 1.26 bits per heavy atom. The van der Waals surface area contributed by atoms with Crippen molar-refractivity contribution in [3.63, 3.8) is 0 Å². The van der Waals surface area contributed by atoms with E-state index in [2.05, 4.69) is 37.6 Å². The van der Waals surface area contributed by atoms with Crippen molar-refractivity contribution < 1.29 is 4.52 Å². The Morgan fingerprint density at radius 2 is 2.21 bits per heavy atom. The van der Waals surface area contributed by atoms with Crippen LogP contribution < -0.4 is 5.32 Å². The lowest BCUT2D eigenvalue weighted by Crippen LogP contribution is -2.05. The summed E-state index contributed by atoms with van der Waals surface area (Å²) in [7, 11) is 0. The highest BCUT2D eigenvalue weighted by atomic mass is 16.5. The lowest BCUT2D eigenvalue weighted by Gasteiger charge is -2.04. The van der Waals surface area contributed by atoms with E-state index in [1.165, 1.54) is 5.56 Å². The summed E-state index contributed by atoms with van der Waals surface area (Å²) >= 11 is 0. The van der Waals surface area contributed by atoms with Crippen LogP contribution in [0.25, 0.3) is 11.6 Å². The van der Waals surface area contributed by atoms with E-state index in [9.17, 15) is 0 Å². The fourth-order valence-electron chi connectivity index (χ4n) is 2.31. The van der Waals surface area contributed by atoms with E-state index in [1.807, 2.05) is 12.1 Å². The quantitative estimate of drug-likeness (QED) is 0.731. The highest BCUT2D eigenvalue weighted by Gasteiger charge is 2.26. The van der Waals surface area contributed by atoms with Crippen LogP contribution in [0.15, 0.2) is 41.2 Å². The molecule has 19 heavy (non-hydrogen) atoms. The summed E-state index contributed by atoms with van der Waals surface area (Å²) in [5.41, 5.74) is 2.40. The first-order valence-corrected chi connectivity index (χ1v) is 6.08. The Kier molecular flexibility index (Phi) is 2.14. The van der Waals surface area contributed by atoms with Crippen molar-refractivity contribution in [3.8, 4) is 11.6 Å². The molecule has 0 spiro atoms. The molecule has 3 heterocycles. The molecule has 6 nitrogen and oxygen atoms in total. The molecule has 0 amide bonds. The number of benzene rings is 1. The molecule has 0 aliphatic carbocycles. The summed E-state index contributed by atoms with van der Waals surface area (Å²) in [4.78, 5) is 11.4. The first kappa shape index (κ1) is 10.3. The maximum atomic E-state index is 5.32.